The fourth-order valence-electron chi connectivity index (χ4n) is 7.55. The van der Waals surface area contributed by atoms with Crippen molar-refractivity contribution in [2.45, 2.75) is 48.4 Å². The Morgan fingerprint density at radius 2 is 0.904 bits per heavy atom. The van der Waals surface area contributed by atoms with E-state index in [2.05, 4.69) is 40.6 Å². The van der Waals surface area contributed by atoms with Crippen molar-refractivity contribution in [3.63, 3.8) is 0 Å². The van der Waals surface area contributed by atoms with Crippen molar-refractivity contribution >= 4 is 39.9 Å². The molecule has 0 bridgehead atoms. The Morgan fingerprint density at radius 1 is 0.521 bits per heavy atom. The second kappa shape index (κ2) is 24.0. The molecule has 73 heavy (non-hydrogen) atoms. The fraction of sp³-hybridized carbons (Fsp3) is 0.245. The van der Waals surface area contributed by atoms with Gasteiger partial charge in [0.05, 0.1) is 48.3 Å². The Hall–Kier alpha value is -7.21. The molecule has 8 rings (SSSR count). The summed E-state index contributed by atoms with van der Waals surface area (Å²) in [6.45, 7) is 0. The van der Waals surface area contributed by atoms with Crippen LogP contribution in [0.3, 0.4) is 0 Å². The summed E-state index contributed by atoms with van der Waals surface area (Å²) in [5.74, 6) is -4.03. The van der Waals surface area contributed by atoms with Gasteiger partial charge in [0, 0.05) is 83.8 Å². The van der Waals surface area contributed by atoms with Crippen LogP contribution in [0.1, 0.15) is 73.7 Å². The minimum absolute atomic E-state index is 0.181. The van der Waals surface area contributed by atoms with Crippen LogP contribution in [0, 0.1) is 11.8 Å². The number of benzene rings is 2. The molecular weight excluding hydrogens is 1060 g/mol. The number of hydroxylamine groups is 1. The van der Waals surface area contributed by atoms with Gasteiger partial charge in [-0.05, 0) is 74.1 Å². The summed E-state index contributed by atoms with van der Waals surface area (Å²) in [7, 11) is 2.46. The summed E-state index contributed by atoms with van der Waals surface area (Å²) < 4.78 is 159. The zero-order valence-electron chi connectivity index (χ0n) is 37.5. The third-order valence-electron chi connectivity index (χ3n) is 11.0. The van der Waals surface area contributed by atoms with Gasteiger partial charge < -0.3 is 9.47 Å². The molecule has 0 unspecified atom stereocenters. The van der Waals surface area contributed by atoms with Crippen molar-refractivity contribution in [1.29, 1.82) is 0 Å². The van der Waals surface area contributed by atoms with Crippen molar-refractivity contribution in [1.82, 2.24) is 25.4 Å². The molecule has 2 saturated carbocycles. The highest BCUT2D eigenvalue weighted by molar-refractivity contribution is 9.10. The molecule has 0 radical (unpaired) electrons. The van der Waals surface area contributed by atoms with Gasteiger partial charge in [0.15, 0.2) is 0 Å². The first kappa shape index (κ1) is 56.7. The quantitative estimate of drug-likeness (QED) is 0.0495. The normalized spacial score (nSPS) is 19.1. The maximum atomic E-state index is 12.9. The number of ether oxygens (including phenoxy) is 2. The van der Waals surface area contributed by atoms with Gasteiger partial charge in [-0.1, -0.05) is 60.7 Å². The molecule has 4 aromatic heterocycles. The van der Waals surface area contributed by atoms with Gasteiger partial charge >= 0.3 is 36.6 Å². The molecule has 0 spiro atoms. The summed E-state index contributed by atoms with van der Waals surface area (Å²) in [6.07, 6.45) is -7.19. The van der Waals surface area contributed by atoms with Crippen LogP contribution in [0.15, 0.2) is 145 Å². The average molecular weight is 1100 g/mol. The molecule has 2 fully saturated rings. The number of rotatable bonds is 8. The predicted molar refractivity (Wildman–Crippen MR) is 238 cm³/mol. The van der Waals surface area contributed by atoms with E-state index in [4.69, 9.17) is 9.94 Å². The molecule has 1 amide bonds. The third-order valence-corrected chi connectivity index (χ3v) is 11.4. The van der Waals surface area contributed by atoms with Gasteiger partial charge in [-0.2, -0.15) is 52.7 Å². The monoisotopic (exact) mass is 1100 g/mol. The van der Waals surface area contributed by atoms with Crippen LogP contribution in [0.25, 0.3) is 6.08 Å². The van der Waals surface area contributed by atoms with E-state index in [0.717, 1.165) is 66.3 Å². The Morgan fingerprint density at radius 3 is 1.30 bits per heavy atom. The van der Waals surface area contributed by atoms with Gasteiger partial charge in [-0.25, -0.2) is 10.3 Å². The average Bonchev–Trinajstić information content (AvgIpc) is 4.30. The first-order valence-electron chi connectivity index (χ1n) is 20.9. The van der Waals surface area contributed by atoms with Crippen LogP contribution in [0.5, 0.6) is 0 Å². The van der Waals surface area contributed by atoms with Gasteiger partial charge in [-0.3, -0.25) is 34.7 Å². The lowest BCUT2D eigenvalue weighted by molar-refractivity contribution is -0.142. The molecule has 0 saturated heterocycles. The maximum absolute atomic E-state index is 12.9. The highest BCUT2D eigenvalue weighted by Gasteiger charge is 2.58. The summed E-state index contributed by atoms with van der Waals surface area (Å²) in [4.78, 5) is 48.6. The minimum Gasteiger partial charge on any atom is -0.469 e. The van der Waals surface area contributed by atoms with Gasteiger partial charge in [0.2, 0.25) is 5.91 Å². The Kier molecular flexibility index (Phi) is 18.6. The predicted octanol–water partition coefficient (Wildman–Crippen LogP) is 12.0. The molecule has 6 aromatic rings. The van der Waals surface area contributed by atoms with Crippen LogP contribution in [0.2, 0.25) is 0 Å². The number of nitrogens with one attached hydrogen (secondary N) is 1. The van der Waals surface area contributed by atoms with E-state index >= 15 is 0 Å². The molecule has 4 heterocycles. The third kappa shape index (κ3) is 15.6. The number of esters is 2. The summed E-state index contributed by atoms with van der Waals surface area (Å²) in [6, 6.07) is 22.2. The number of nitrogens with zero attached hydrogens (tertiary/aromatic N) is 4. The number of carbonyl (C=O) groups excluding carboxylic acids is 3. The van der Waals surface area contributed by atoms with E-state index < -0.39 is 82.6 Å². The van der Waals surface area contributed by atoms with E-state index in [0.29, 0.717) is 15.6 Å². The fourth-order valence-corrected chi connectivity index (χ4v) is 7.92. The number of methoxy groups -OCH3 is 2. The lowest BCUT2D eigenvalue weighted by Gasteiger charge is -2.08. The SMILES string of the molecule is COC(=O)/C=C/c1cncc(C(F)(F)F)c1.COC(=O)[C@@H]1[C@H](c2ccccc2)[C@H]1c1cncc(C(F)(F)F)c1.FC(F)(F)c1cncc(Br)c1.O=C(NO)[C@@H]1[C@H](c2ccccc2)[C@H]1c1cncc(C(F)(F)F)c1. The van der Waals surface area contributed by atoms with E-state index in [9.17, 15) is 67.1 Å². The first-order valence-corrected chi connectivity index (χ1v) is 21.7. The number of hydrogen-bond donors (Lipinski definition) is 2. The molecule has 2 N–H and O–H groups in total. The summed E-state index contributed by atoms with van der Waals surface area (Å²) in [5.41, 5.74) is 0.993. The standard InChI is InChI=1S/C17H14F3NO2.C16H13F3N2O2.C10H8F3NO2.C6H3BrF3N/c1-23-16(22)15-13(10-5-3-2-4-6-10)14(15)11-7-12(9-21-8-11)17(18,19)20;17-16(18,19)11-6-10(7-20-8-11)13-12(14(13)15(22)21-23)9-4-2-1-3-5-9;1-16-9(15)3-2-7-4-8(6-14-5-7)10(11,12)13;7-5-1-4(2-11-3-5)6(8,9)10/h2-9,13-15H,1H3;1-8,12-14,23H,(H,21,22);2-6H,1H3;1-3H/b;;3-2+;/t13-,14-,15-;12-,13-,14-;;/m11../s1. The summed E-state index contributed by atoms with van der Waals surface area (Å²) >= 11 is 2.89. The Balaban J connectivity index is 0.000000187. The number of amides is 1. The Labute approximate surface area is 415 Å². The van der Waals surface area contributed by atoms with Gasteiger partial charge in [0.1, 0.15) is 0 Å². The Bertz CT molecular complexity index is 2730. The van der Waals surface area contributed by atoms with E-state index in [1.807, 2.05) is 48.5 Å². The second-order valence-electron chi connectivity index (χ2n) is 15.7. The van der Waals surface area contributed by atoms with Gasteiger partial charge in [0.25, 0.3) is 0 Å². The zero-order chi connectivity index (χ0) is 53.9. The van der Waals surface area contributed by atoms with Crippen LogP contribution in [-0.4, -0.2) is 57.2 Å². The first-order chi connectivity index (χ1) is 34.3. The molecule has 24 heteroatoms. The highest BCUT2D eigenvalue weighted by Crippen LogP contribution is 2.62. The molecular formula is C49H38BrF12N5O6. The van der Waals surface area contributed by atoms with Crippen LogP contribution in [0.4, 0.5) is 52.7 Å². The number of carbonyl (C=O) groups is 3. The topological polar surface area (TPSA) is 153 Å². The lowest BCUT2D eigenvalue weighted by atomic mass is 10.0. The van der Waals surface area contributed by atoms with E-state index in [-0.39, 0.29) is 23.3 Å². The van der Waals surface area contributed by atoms with Crippen molar-refractivity contribution in [2.75, 3.05) is 14.2 Å². The largest absolute Gasteiger partial charge is 0.469 e. The van der Waals surface area contributed by atoms with E-state index in [1.165, 1.54) is 45.1 Å². The molecule has 2 aliphatic carbocycles. The molecule has 386 valence electrons. The van der Waals surface area contributed by atoms with Crippen LogP contribution in [-0.2, 0) is 48.6 Å². The molecule has 6 atom stereocenters. The number of alkyl halides is 12. The number of pyridine rings is 4. The molecule has 2 aromatic carbocycles. The number of halogens is 13. The molecule has 2 aliphatic rings. The number of aromatic nitrogens is 4. The van der Waals surface area contributed by atoms with Crippen LogP contribution >= 0.6 is 15.9 Å². The smallest absolute Gasteiger partial charge is 0.417 e. The zero-order valence-corrected chi connectivity index (χ0v) is 39.1. The van der Waals surface area contributed by atoms with Gasteiger partial charge in [-0.15, -0.1) is 0 Å². The summed E-state index contributed by atoms with van der Waals surface area (Å²) in [5, 5.41) is 8.86. The van der Waals surface area contributed by atoms with Crippen molar-refractivity contribution < 1.29 is 81.7 Å². The van der Waals surface area contributed by atoms with Crippen molar-refractivity contribution in [2.24, 2.45) is 11.8 Å². The highest BCUT2D eigenvalue weighted by atomic mass is 79.9. The van der Waals surface area contributed by atoms with E-state index in [1.54, 1.807) is 17.6 Å². The maximum Gasteiger partial charge on any atom is 0.417 e. The lowest BCUT2D eigenvalue weighted by Crippen LogP contribution is -2.21. The molecule has 0 aliphatic heterocycles. The van der Waals surface area contributed by atoms with Crippen molar-refractivity contribution in [3.8, 4) is 0 Å². The number of hydrogen-bond acceptors (Lipinski definition) is 10. The van der Waals surface area contributed by atoms with Crippen LogP contribution < -0.4 is 5.48 Å². The second-order valence-corrected chi connectivity index (χ2v) is 16.7. The van der Waals surface area contributed by atoms with Crippen molar-refractivity contribution in [3.05, 3.63) is 195 Å². The minimum atomic E-state index is -4.49. The molecule has 11 nitrogen and oxygen atoms in total.